The van der Waals surface area contributed by atoms with Crippen molar-refractivity contribution in [3.8, 4) is 11.1 Å². The Balaban J connectivity index is 1.74. The van der Waals surface area contributed by atoms with Gasteiger partial charge >= 0.3 is 0 Å². The fraction of sp³-hybridized carbons (Fsp3) is 0.333. The average molecular weight is 371 g/mol. The zero-order chi connectivity index (χ0) is 19.2. The maximum absolute atomic E-state index is 13.6. The van der Waals surface area contributed by atoms with Crippen molar-refractivity contribution >= 4 is 11.7 Å². The minimum absolute atomic E-state index is 0.138. The second-order valence-electron chi connectivity index (χ2n) is 7.18. The van der Waals surface area contributed by atoms with Crippen LogP contribution in [-0.2, 0) is 14.3 Å². The molecule has 0 bridgehead atoms. The molecule has 2 aromatic rings. The first-order valence-electron chi connectivity index (χ1n) is 8.91. The van der Waals surface area contributed by atoms with Gasteiger partial charge in [0.05, 0.1) is 0 Å². The van der Waals surface area contributed by atoms with E-state index in [2.05, 4.69) is 5.32 Å². The van der Waals surface area contributed by atoms with Crippen LogP contribution in [0, 0.1) is 18.6 Å². The third kappa shape index (κ3) is 2.94. The van der Waals surface area contributed by atoms with Crippen molar-refractivity contribution in [2.45, 2.75) is 31.2 Å². The average Bonchev–Trinajstić information content (AvgIpc) is 2.88. The van der Waals surface area contributed by atoms with Crippen molar-refractivity contribution in [3.63, 3.8) is 0 Å². The number of nitrogens with one attached hydrogen (secondary N) is 1. The lowest BCUT2D eigenvalue weighted by Crippen LogP contribution is -2.50. The van der Waals surface area contributed by atoms with Gasteiger partial charge in [0.2, 0.25) is 5.91 Å². The Kier molecular flexibility index (Phi) is 4.30. The molecule has 0 saturated carbocycles. The first kappa shape index (κ1) is 17.8. The van der Waals surface area contributed by atoms with Gasteiger partial charge in [0.1, 0.15) is 11.5 Å². The summed E-state index contributed by atoms with van der Waals surface area (Å²) in [6.07, 6.45) is 0.936. The fourth-order valence-electron chi connectivity index (χ4n) is 3.95. The Labute approximate surface area is 155 Å². The number of hydrogen-bond donors (Lipinski definition) is 1. The van der Waals surface area contributed by atoms with E-state index in [1.807, 2.05) is 6.92 Å². The van der Waals surface area contributed by atoms with E-state index in [1.165, 1.54) is 6.07 Å². The van der Waals surface area contributed by atoms with Crippen LogP contribution < -0.4 is 5.32 Å². The first-order valence-corrected chi connectivity index (χ1v) is 8.91. The number of halogens is 2. The molecule has 6 heteroatoms. The summed E-state index contributed by atoms with van der Waals surface area (Å²) in [4.78, 5) is 25.8. The van der Waals surface area contributed by atoms with Crippen molar-refractivity contribution in [1.82, 2.24) is 5.32 Å². The zero-order valence-electron chi connectivity index (χ0n) is 14.9. The largest absolute Gasteiger partial charge is 0.381 e. The van der Waals surface area contributed by atoms with E-state index in [0.29, 0.717) is 42.7 Å². The summed E-state index contributed by atoms with van der Waals surface area (Å²) < 4.78 is 32.2. The summed E-state index contributed by atoms with van der Waals surface area (Å²) in [5, 5.41) is 2.89. The number of benzene rings is 2. The standard InChI is InChI=1S/C21H19F2NO3/c1-12-2-3-13(14-4-5-16(22)17(23)11-14)10-15(12)18-19(25)21(24-20(18)26)6-8-27-9-7-21/h2-5,10-11,18H,6-9H2,1H3,(H,24,26). The molecule has 2 aromatic carbocycles. The van der Waals surface area contributed by atoms with Crippen LogP contribution in [0.3, 0.4) is 0 Å². The van der Waals surface area contributed by atoms with Crippen LogP contribution in [0.5, 0.6) is 0 Å². The van der Waals surface area contributed by atoms with Gasteiger partial charge in [-0.1, -0.05) is 18.2 Å². The van der Waals surface area contributed by atoms with E-state index in [9.17, 15) is 18.4 Å². The monoisotopic (exact) mass is 371 g/mol. The second kappa shape index (κ2) is 6.53. The molecule has 1 atom stereocenters. The SMILES string of the molecule is Cc1ccc(-c2ccc(F)c(F)c2)cc1C1C(=O)NC2(CCOCC2)C1=O. The number of ether oxygens (including phenoxy) is 1. The molecule has 1 amide bonds. The Morgan fingerprint density at radius 2 is 1.67 bits per heavy atom. The van der Waals surface area contributed by atoms with Crippen LogP contribution in [0.2, 0.25) is 0 Å². The number of ketones is 1. The zero-order valence-corrected chi connectivity index (χ0v) is 14.9. The number of carbonyl (C=O) groups excluding carboxylic acids is 2. The molecule has 0 aromatic heterocycles. The molecule has 2 aliphatic heterocycles. The van der Waals surface area contributed by atoms with Crippen molar-refractivity contribution in [3.05, 3.63) is 59.2 Å². The highest BCUT2D eigenvalue weighted by Gasteiger charge is 2.53. The molecule has 0 aliphatic carbocycles. The quantitative estimate of drug-likeness (QED) is 0.825. The summed E-state index contributed by atoms with van der Waals surface area (Å²) in [5.41, 5.74) is 1.66. The predicted molar refractivity (Wildman–Crippen MR) is 95.2 cm³/mol. The maximum atomic E-state index is 13.6. The summed E-state index contributed by atoms with van der Waals surface area (Å²) in [6.45, 7) is 2.71. The molecule has 4 rings (SSSR count). The van der Waals surface area contributed by atoms with Gasteiger partial charge in [-0.25, -0.2) is 8.78 Å². The third-order valence-electron chi connectivity index (χ3n) is 5.55. The van der Waals surface area contributed by atoms with Crippen LogP contribution in [0.4, 0.5) is 8.78 Å². The number of carbonyl (C=O) groups is 2. The van der Waals surface area contributed by atoms with E-state index in [-0.39, 0.29) is 11.7 Å². The molecule has 140 valence electrons. The van der Waals surface area contributed by atoms with Crippen LogP contribution in [-0.4, -0.2) is 30.4 Å². The number of hydrogen-bond acceptors (Lipinski definition) is 3. The highest BCUT2D eigenvalue weighted by atomic mass is 19.2. The molecular weight excluding hydrogens is 352 g/mol. The molecule has 0 radical (unpaired) electrons. The summed E-state index contributed by atoms with van der Waals surface area (Å²) in [7, 11) is 0. The van der Waals surface area contributed by atoms with E-state index in [0.717, 1.165) is 17.7 Å². The molecule has 2 aliphatic rings. The maximum Gasteiger partial charge on any atom is 0.235 e. The van der Waals surface area contributed by atoms with Crippen molar-refractivity contribution in [2.24, 2.45) is 0 Å². The number of rotatable bonds is 2. The number of aryl methyl sites for hydroxylation is 1. The molecule has 2 fully saturated rings. The van der Waals surface area contributed by atoms with Gasteiger partial charge in [0.25, 0.3) is 0 Å². The molecule has 27 heavy (non-hydrogen) atoms. The number of Topliss-reactive ketones (excluding diaryl/α,β-unsaturated/α-hetero) is 1. The molecule has 1 unspecified atom stereocenters. The molecule has 1 spiro atoms. The van der Waals surface area contributed by atoms with E-state index >= 15 is 0 Å². The lowest BCUT2D eigenvalue weighted by Gasteiger charge is -2.31. The molecule has 4 nitrogen and oxygen atoms in total. The summed E-state index contributed by atoms with van der Waals surface area (Å²) in [6, 6.07) is 8.94. The van der Waals surface area contributed by atoms with Gasteiger partial charge in [-0.2, -0.15) is 0 Å². The highest BCUT2D eigenvalue weighted by Crippen LogP contribution is 2.38. The predicted octanol–water partition coefficient (Wildman–Crippen LogP) is 3.27. The topological polar surface area (TPSA) is 55.4 Å². The van der Waals surface area contributed by atoms with Crippen LogP contribution in [0.1, 0.15) is 29.9 Å². The molecule has 1 N–H and O–H groups in total. The van der Waals surface area contributed by atoms with Crippen molar-refractivity contribution in [1.29, 1.82) is 0 Å². The minimum atomic E-state index is -0.939. The van der Waals surface area contributed by atoms with Crippen molar-refractivity contribution < 1.29 is 23.1 Å². The van der Waals surface area contributed by atoms with Crippen LogP contribution in [0.15, 0.2) is 36.4 Å². The fourth-order valence-corrected chi connectivity index (χ4v) is 3.95. The molecule has 2 heterocycles. The smallest absolute Gasteiger partial charge is 0.235 e. The van der Waals surface area contributed by atoms with Gasteiger partial charge in [-0.05, 0) is 47.4 Å². The lowest BCUT2D eigenvalue weighted by molar-refractivity contribution is -0.127. The van der Waals surface area contributed by atoms with Gasteiger partial charge in [0, 0.05) is 26.1 Å². The van der Waals surface area contributed by atoms with Crippen LogP contribution >= 0.6 is 0 Å². The van der Waals surface area contributed by atoms with Crippen molar-refractivity contribution in [2.75, 3.05) is 13.2 Å². The second-order valence-corrected chi connectivity index (χ2v) is 7.18. The van der Waals surface area contributed by atoms with E-state index in [4.69, 9.17) is 4.74 Å². The van der Waals surface area contributed by atoms with Gasteiger partial charge < -0.3 is 10.1 Å². The summed E-state index contributed by atoms with van der Waals surface area (Å²) >= 11 is 0. The Morgan fingerprint density at radius 1 is 1.00 bits per heavy atom. The van der Waals surface area contributed by atoms with Gasteiger partial charge in [-0.3, -0.25) is 9.59 Å². The molecule has 2 saturated heterocycles. The van der Waals surface area contributed by atoms with E-state index in [1.54, 1.807) is 18.2 Å². The van der Waals surface area contributed by atoms with Gasteiger partial charge in [-0.15, -0.1) is 0 Å². The lowest BCUT2D eigenvalue weighted by atomic mass is 9.80. The normalized spacial score (nSPS) is 21.5. The molecular formula is C21H19F2NO3. The van der Waals surface area contributed by atoms with Gasteiger partial charge in [0.15, 0.2) is 17.4 Å². The Bertz CT molecular complexity index is 935. The first-order chi connectivity index (χ1) is 12.9. The highest BCUT2D eigenvalue weighted by molar-refractivity contribution is 6.17. The Hall–Kier alpha value is -2.60. The third-order valence-corrected chi connectivity index (χ3v) is 5.55. The van der Waals surface area contributed by atoms with E-state index < -0.39 is 23.1 Å². The minimum Gasteiger partial charge on any atom is -0.381 e. The van der Waals surface area contributed by atoms with Crippen LogP contribution in [0.25, 0.3) is 11.1 Å². The number of amides is 1. The summed E-state index contributed by atoms with van der Waals surface area (Å²) in [5.74, 6) is -3.20. The Morgan fingerprint density at radius 3 is 2.37 bits per heavy atom.